The number of halogens is 1. The highest BCUT2D eigenvalue weighted by molar-refractivity contribution is 5.94. The highest BCUT2D eigenvalue weighted by Crippen LogP contribution is 2.51. The van der Waals surface area contributed by atoms with Crippen LogP contribution in [0.4, 0.5) is 4.39 Å². The van der Waals surface area contributed by atoms with Gasteiger partial charge in [0.1, 0.15) is 5.82 Å². The summed E-state index contributed by atoms with van der Waals surface area (Å²) < 4.78 is 13.4. The van der Waals surface area contributed by atoms with Crippen molar-refractivity contribution >= 4 is 17.9 Å². The van der Waals surface area contributed by atoms with E-state index in [1.165, 1.54) is 24.4 Å². The van der Waals surface area contributed by atoms with Crippen LogP contribution in [-0.2, 0) is 10.2 Å². The van der Waals surface area contributed by atoms with Gasteiger partial charge in [-0.15, -0.1) is 0 Å². The van der Waals surface area contributed by atoms with E-state index in [-0.39, 0.29) is 17.6 Å². The van der Waals surface area contributed by atoms with Crippen molar-refractivity contribution in [1.82, 2.24) is 15.2 Å². The second-order valence-electron chi connectivity index (χ2n) is 9.09. The summed E-state index contributed by atoms with van der Waals surface area (Å²) in [6, 6.07) is 16.7. The maximum Gasteiger partial charge on any atom is 0.253 e. The average Bonchev–Trinajstić information content (AvgIpc) is 3.11. The molecule has 0 bridgehead atoms. The number of aliphatic hydroxyl groups excluding tert-OH is 1. The molecule has 2 N–H and O–H groups in total. The van der Waals surface area contributed by atoms with E-state index in [9.17, 15) is 19.1 Å². The lowest BCUT2D eigenvalue weighted by molar-refractivity contribution is -0.128. The van der Waals surface area contributed by atoms with E-state index >= 15 is 0 Å². The summed E-state index contributed by atoms with van der Waals surface area (Å²) in [5.41, 5.74) is 2.43. The zero-order valence-corrected chi connectivity index (χ0v) is 19.1. The van der Waals surface area contributed by atoms with Gasteiger partial charge < -0.3 is 15.3 Å². The molecule has 5 rings (SSSR count). The van der Waals surface area contributed by atoms with Crippen molar-refractivity contribution in [2.24, 2.45) is 0 Å². The molecular weight excluding hydrogens is 445 g/mol. The fraction of sp³-hybridized carbons (Fsp3) is 0.250. The second-order valence-corrected chi connectivity index (χ2v) is 9.09. The van der Waals surface area contributed by atoms with Gasteiger partial charge in [-0.3, -0.25) is 14.6 Å². The van der Waals surface area contributed by atoms with Crippen molar-refractivity contribution in [2.75, 3.05) is 13.1 Å². The van der Waals surface area contributed by atoms with Gasteiger partial charge in [0.2, 0.25) is 5.91 Å². The molecule has 1 spiro atoms. The monoisotopic (exact) mass is 471 g/mol. The fourth-order valence-corrected chi connectivity index (χ4v) is 5.32. The summed E-state index contributed by atoms with van der Waals surface area (Å²) >= 11 is 0. The standard InChI is InChI=1S/C28H26FN3O3/c29-21-7-3-5-19(17-21)10-11-24(33)32-15-12-28(13-16-32)23-9-2-1-8-22(23)25(26(28)34)31-27(35)20-6-4-14-30-18-20/h1-11,14,17-18,25-26,34H,12-13,15-16H2,(H,31,35)/b11-10+/t25-,26+/m1/s1. The Balaban J connectivity index is 1.32. The zero-order chi connectivity index (χ0) is 24.4. The van der Waals surface area contributed by atoms with Crippen LogP contribution in [0.1, 0.15) is 45.9 Å². The third-order valence-corrected chi connectivity index (χ3v) is 7.16. The molecule has 1 fully saturated rings. The molecule has 0 unspecified atom stereocenters. The summed E-state index contributed by atoms with van der Waals surface area (Å²) in [5, 5.41) is 14.5. The fourth-order valence-electron chi connectivity index (χ4n) is 5.32. The number of aromatic nitrogens is 1. The third-order valence-electron chi connectivity index (χ3n) is 7.16. The van der Waals surface area contributed by atoms with Gasteiger partial charge in [0, 0.05) is 37.0 Å². The minimum Gasteiger partial charge on any atom is -0.390 e. The first-order valence-corrected chi connectivity index (χ1v) is 11.7. The van der Waals surface area contributed by atoms with Crippen molar-refractivity contribution < 1.29 is 19.1 Å². The zero-order valence-electron chi connectivity index (χ0n) is 19.1. The molecule has 3 aromatic rings. The molecule has 1 saturated heterocycles. The van der Waals surface area contributed by atoms with Crippen LogP contribution in [0.2, 0.25) is 0 Å². The normalized spacial score (nSPS) is 20.7. The van der Waals surface area contributed by atoms with Crippen molar-refractivity contribution in [1.29, 1.82) is 0 Å². The number of nitrogens with zero attached hydrogens (tertiary/aromatic N) is 2. The molecular formula is C28H26FN3O3. The quantitative estimate of drug-likeness (QED) is 0.570. The number of amides is 2. The molecule has 1 aromatic heterocycles. The lowest BCUT2D eigenvalue weighted by Crippen LogP contribution is -2.50. The van der Waals surface area contributed by atoms with E-state index in [4.69, 9.17) is 0 Å². The molecule has 2 aromatic carbocycles. The van der Waals surface area contributed by atoms with Gasteiger partial charge in [0.25, 0.3) is 5.91 Å². The molecule has 1 aliphatic carbocycles. The Hall–Kier alpha value is -3.84. The van der Waals surface area contributed by atoms with Crippen LogP contribution < -0.4 is 5.32 Å². The van der Waals surface area contributed by atoms with Crippen LogP contribution in [0.3, 0.4) is 0 Å². The van der Waals surface area contributed by atoms with Crippen molar-refractivity contribution in [2.45, 2.75) is 30.4 Å². The summed E-state index contributed by atoms with van der Waals surface area (Å²) in [4.78, 5) is 31.4. The molecule has 2 amide bonds. The van der Waals surface area contributed by atoms with Crippen molar-refractivity contribution in [3.8, 4) is 0 Å². The topological polar surface area (TPSA) is 82.5 Å². The molecule has 1 aliphatic heterocycles. The van der Waals surface area contributed by atoms with Gasteiger partial charge in [0.15, 0.2) is 0 Å². The Morgan fingerprint density at radius 3 is 2.63 bits per heavy atom. The molecule has 0 saturated carbocycles. The first kappa shape index (κ1) is 22.9. The summed E-state index contributed by atoms with van der Waals surface area (Å²) in [6.45, 7) is 0.946. The third kappa shape index (κ3) is 4.35. The number of pyridine rings is 1. The smallest absolute Gasteiger partial charge is 0.253 e. The van der Waals surface area contributed by atoms with E-state index in [1.54, 1.807) is 41.4 Å². The van der Waals surface area contributed by atoms with Crippen LogP contribution >= 0.6 is 0 Å². The number of hydrogen-bond acceptors (Lipinski definition) is 4. The van der Waals surface area contributed by atoms with E-state index in [0.29, 0.717) is 37.1 Å². The molecule has 6 nitrogen and oxygen atoms in total. The van der Waals surface area contributed by atoms with Crippen LogP contribution in [0, 0.1) is 5.82 Å². The maximum atomic E-state index is 13.4. The Labute approximate surface area is 203 Å². The van der Waals surface area contributed by atoms with E-state index < -0.39 is 17.6 Å². The molecule has 35 heavy (non-hydrogen) atoms. The van der Waals surface area contributed by atoms with Gasteiger partial charge >= 0.3 is 0 Å². The average molecular weight is 472 g/mol. The van der Waals surface area contributed by atoms with Crippen LogP contribution in [0.25, 0.3) is 6.08 Å². The number of aliphatic hydroxyl groups is 1. The van der Waals surface area contributed by atoms with Crippen LogP contribution in [0.5, 0.6) is 0 Å². The molecule has 2 aliphatic rings. The molecule has 2 heterocycles. The summed E-state index contributed by atoms with van der Waals surface area (Å²) in [7, 11) is 0. The lowest BCUT2D eigenvalue weighted by Gasteiger charge is -2.42. The second kappa shape index (κ2) is 9.43. The highest BCUT2D eigenvalue weighted by Gasteiger charge is 2.53. The van der Waals surface area contributed by atoms with Gasteiger partial charge in [-0.2, -0.15) is 0 Å². The predicted octanol–water partition coefficient (Wildman–Crippen LogP) is 3.64. The number of fused-ring (bicyclic) bond motifs is 2. The predicted molar refractivity (Wildman–Crippen MR) is 130 cm³/mol. The van der Waals surface area contributed by atoms with Crippen LogP contribution in [0.15, 0.2) is 79.1 Å². The highest BCUT2D eigenvalue weighted by atomic mass is 19.1. The first-order valence-electron chi connectivity index (χ1n) is 11.7. The van der Waals surface area contributed by atoms with Gasteiger partial charge in [-0.05, 0) is 59.9 Å². The van der Waals surface area contributed by atoms with Gasteiger partial charge in [0.05, 0.1) is 17.7 Å². The largest absolute Gasteiger partial charge is 0.390 e. The molecule has 2 atom stereocenters. The van der Waals surface area contributed by atoms with Crippen molar-refractivity contribution in [3.05, 3.63) is 107 Å². The van der Waals surface area contributed by atoms with Gasteiger partial charge in [-0.1, -0.05) is 36.4 Å². The number of carbonyl (C=O) groups excluding carboxylic acids is 2. The Kier molecular flexibility index (Phi) is 6.17. The number of carbonyl (C=O) groups is 2. The van der Waals surface area contributed by atoms with E-state index in [0.717, 1.165) is 11.1 Å². The number of likely N-dealkylation sites (tertiary alicyclic amines) is 1. The number of nitrogens with one attached hydrogen (secondary N) is 1. The van der Waals surface area contributed by atoms with Crippen LogP contribution in [-0.4, -0.2) is 46.0 Å². The first-order chi connectivity index (χ1) is 17.0. The Morgan fingerprint density at radius 1 is 1.09 bits per heavy atom. The van der Waals surface area contributed by atoms with E-state index in [1.807, 2.05) is 24.3 Å². The van der Waals surface area contributed by atoms with Gasteiger partial charge in [-0.25, -0.2) is 4.39 Å². The Bertz CT molecular complexity index is 1270. The molecule has 178 valence electrons. The Morgan fingerprint density at radius 2 is 1.89 bits per heavy atom. The number of rotatable bonds is 4. The SMILES string of the molecule is O=C(N[C@@H]1c2ccccc2C2(CCN(C(=O)/C=C/c3cccc(F)c3)CC2)[C@H]1O)c1cccnc1. The summed E-state index contributed by atoms with van der Waals surface area (Å²) in [5.74, 6) is -0.783. The number of hydrogen-bond donors (Lipinski definition) is 2. The lowest BCUT2D eigenvalue weighted by atomic mass is 9.72. The molecule has 0 radical (unpaired) electrons. The number of piperidine rings is 1. The van der Waals surface area contributed by atoms with E-state index in [2.05, 4.69) is 10.3 Å². The van der Waals surface area contributed by atoms with Crippen molar-refractivity contribution in [3.63, 3.8) is 0 Å². The minimum atomic E-state index is -0.819. The maximum absolute atomic E-state index is 13.4. The molecule has 7 heteroatoms. The number of benzene rings is 2. The minimum absolute atomic E-state index is 0.147. The summed E-state index contributed by atoms with van der Waals surface area (Å²) in [6.07, 6.45) is 6.50.